The van der Waals surface area contributed by atoms with E-state index in [9.17, 15) is 4.79 Å². The molecule has 1 aliphatic rings. The zero-order valence-electron chi connectivity index (χ0n) is 10.4. The predicted octanol–water partition coefficient (Wildman–Crippen LogP) is 2.50. The highest BCUT2D eigenvalue weighted by Gasteiger charge is 2.32. The van der Waals surface area contributed by atoms with E-state index in [0.29, 0.717) is 13.0 Å². The molecule has 2 unspecified atom stereocenters. The Morgan fingerprint density at radius 2 is 2.28 bits per heavy atom. The fourth-order valence-electron chi connectivity index (χ4n) is 2.45. The Labute approximate surface area is 114 Å². The van der Waals surface area contributed by atoms with E-state index in [2.05, 4.69) is 21.2 Å². The number of benzene rings is 1. The van der Waals surface area contributed by atoms with Crippen LogP contribution < -0.4 is 10.1 Å². The summed E-state index contributed by atoms with van der Waals surface area (Å²) in [6, 6.07) is 4.02. The van der Waals surface area contributed by atoms with Gasteiger partial charge >= 0.3 is 5.97 Å². The summed E-state index contributed by atoms with van der Waals surface area (Å²) in [5.74, 6) is -0.226. The van der Waals surface area contributed by atoms with Crippen molar-refractivity contribution in [1.29, 1.82) is 0 Å². The largest absolute Gasteiger partial charge is 0.496 e. The molecule has 1 aliphatic heterocycles. The molecule has 2 atom stereocenters. The summed E-state index contributed by atoms with van der Waals surface area (Å²) < 4.78 is 6.41. The fraction of sp³-hybridized carbons (Fsp3) is 0.462. The maximum absolute atomic E-state index is 11.0. The van der Waals surface area contributed by atoms with Gasteiger partial charge in [0.1, 0.15) is 5.75 Å². The summed E-state index contributed by atoms with van der Waals surface area (Å²) in [7, 11) is 1.64. The molecule has 1 heterocycles. The summed E-state index contributed by atoms with van der Waals surface area (Å²) in [6.45, 7) is 2.49. The zero-order chi connectivity index (χ0) is 13.3. The third-order valence-corrected chi connectivity index (χ3v) is 3.79. The van der Waals surface area contributed by atoms with Crippen molar-refractivity contribution < 1.29 is 14.6 Å². The molecule has 0 aromatic heterocycles. The predicted molar refractivity (Wildman–Crippen MR) is 71.9 cm³/mol. The Morgan fingerprint density at radius 3 is 2.83 bits per heavy atom. The van der Waals surface area contributed by atoms with Crippen LogP contribution in [0.15, 0.2) is 16.6 Å². The summed E-state index contributed by atoms with van der Waals surface area (Å²) >= 11 is 3.47. The lowest BCUT2D eigenvalue weighted by Gasteiger charge is -2.17. The lowest BCUT2D eigenvalue weighted by Crippen LogP contribution is -2.17. The number of aliphatic carboxylic acids is 1. The third-order valence-electron chi connectivity index (χ3n) is 3.33. The molecule has 0 aliphatic carbocycles. The Balaban J connectivity index is 2.31. The number of hydrogen-bond acceptors (Lipinski definition) is 3. The molecule has 0 spiro atoms. The molecule has 1 fully saturated rings. The van der Waals surface area contributed by atoms with Crippen molar-refractivity contribution in [1.82, 2.24) is 5.32 Å². The van der Waals surface area contributed by atoms with E-state index in [-0.39, 0.29) is 12.0 Å². The molecule has 0 bridgehead atoms. The van der Waals surface area contributed by atoms with Gasteiger partial charge in [0.05, 0.1) is 13.0 Å². The molecule has 5 heteroatoms. The molecular weight excluding hydrogens is 298 g/mol. The monoisotopic (exact) mass is 313 g/mol. The molecule has 0 radical (unpaired) electrons. The standard InChI is InChI=1S/C13H16BrNO3/c1-7-3-9(14)5-10(12(7)18-2)11-4-8(6-15-11)13(16)17/h3,5,8,11,15H,4,6H2,1-2H3,(H,16,17). The zero-order valence-corrected chi connectivity index (χ0v) is 12.0. The highest BCUT2D eigenvalue weighted by molar-refractivity contribution is 9.10. The summed E-state index contributed by atoms with van der Waals surface area (Å²) in [5, 5.41) is 12.3. The Morgan fingerprint density at radius 1 is 1.56 bits per heavy atom. The second kappa shape index (κ2) is 5.28. The van der Waals surface area contributed by atoms with Crippen molar-refractivity contribution in [3.05, 3.63) is 27.7 Å². The Hall–Kier alpha value is -1.07. The van der Waals surface area contributed by atoms with Gasteiger partial charge in [-0.05, 0) is 31.0 Å². The van der Waals surface area contributed by atoms with Crippen LogP contribution in [0.25, 0.3) is 0 Å². The summed E-state index contributed by atoms with van der Waals surface area (Å²) in [6.07, 6.45) is 0.599. The van der Waals surface area contributed by atoms with Gasteiger partial charge in [0.2, 0.25) is 0 Å². The van der Waals surface area contributed by atoms with Crippen molar-refractivity contribution in [2.45, 2.75) is 19.4 Å². The first-order chi connectivity index (χ1) is 8.52. The average Bonchev–Trinajstić information content (AvgIpc) is 2.77. The van der Waals surface area contributed by atoms with Crippen LogP contribution in [0.2, 0.25) is 0 Å². The minimum absolute atomic E-state index is 0.0391. The van der Waals surface area contributed by atoms with Crippen molar-refractivity contribution >= 4 is 21.9 Å². The number of ether oxygens (including phenoxy) is 1. The van der Waals surface area contributed by atoms with Crippen molar-refractivity contribution in [3.8, 4) is 5.75 Å². The lowest BCUT2D eigenvalue weighted by molar-refractivity contribution is -0.141. The molecule has 0 saturated carbocycles. The number of carboxylic acids is 1. The minimum Gasteiger partial charge on any atom is -0.496 e. The number of carboxylic acid groups (broad SMARTS) is 1. The number of nitrogens with one attached hydrogen (secondary N) is 1. The Bertz CT molecular complexity index is 476. The highest BCUT2D eigenvalue weighted by atomic mass is 79.9. The molecule has 0 amide bonds. The number of rotatable bonds is 3. The number of methoxy groups -OCH3 is 1. The number of halogens is 1. The molecule has 1 saturated heterocycles. The van der Waals surface area contributed by atoms with Gasteiger partial charge in [-0.2, -0.15) is 0 Å². The molecule has 2 rings (SSSR count). The van der Waals surface area contributed by atoms with Crippen LogP contribution in [-0.2, 0) is 4.79 Å². The van der Waals surface area contributed by atoms with Gasteiger partial charge in [0.25, 0.3) is 0 Å². The molecule has 2 N–H and O–H groups in total. The molecular formula is C13H16BrNO3. The molecule has 98 valence electrons. The molecule has 1 aromatic rings. The highest BCUT2D eigenvalue weighted by Crippen LogP contribution is 2.37. The second-order valence-electron chi connectivity index (χ2n) is 4.58. The second-order valence-corrected chi connectivity index (χ2v) is 5.49. The maximum Gasteiger partial charge on any atom is 0.307 e. The van der Waals surface area contributed by atoms with Gasteiger partial charge in [0, 0.05) is 22.6 Å². The van der Waals surface area contributed by atoms with Crippen molar-refractivity contribution in [3.63, 3.8) is 0 Å². The van der Waals surface area contributed by atoms with Crippen LogP contribution in [0.5, 0.6) is 5.75 Å². The third kappa shape index (κ3) is 2.52. The Kier molecular flexibility index (Phi) is 3.92. The van der Waals surface area contributed by atoms with E-state index in [1.807, 2.05) is 19.1 Å². The number of aryl methyl sites for hydroxylation is 1. The lowest BCUT2D eigenvalue weighted by atomic mass is 9.98. The first-order valence-electron chi connectivity index (χ1n) is 5.83. The summed E-state index contributed by atoms with van der Waals surface area (Å²) in [4.78, 5) is 11.0. The first-order valence-corrected chi connectivity index (χ1v) is 6.62. The fourth-order valence-corrected chi connectivity index (χ4v) is 3.04. The normalized spacial score (nSPS) is 23.1. The first kappa shape index (κ1) is 13.4. The van der Waals surface area contributed by atoms with Gasteiger partial charge < -0.3 is 15.2 Å². The molecule has 1 aromatic carbocycles. The van der Waals surface area contributed by atoms with E-state index in [0.717, 1.165) is 21.3 Å². The van der Waals surface area contributed by atoms with Crippen LogP contribution >= 0.6 is 15.9 Å². The maximum atomic E-state index is 11.0. The molecule has 4 nitrogen and oxygen atoms in total. The van der Waals surface area contributed by atoms with Gasteiger partial charge in [-0.15, -0.1) is 0 Å². The van der Waals surface area contributed by atoms with E-state index in [4.69, 9.17) is 9.84 Å². The van der Waals surface area contributed by atoms with Gasteiger partial charge in [-0.3, -0.25) is 4.79 Å². The number of carbonyl (C=O) groups is 1. The SMILES string of the molecule is COc1c(C)cc(Br)cc1C1CC(C(=O)O)CN1. The quantitative estimate of drug-likeness (QED) is 0.900. The van der Waals surface area contributed by atoms with Crippen molar-refractivity contribution in [2.24, 2.45) is 5.92 Å². The summed E-state index contributed by atoms with van der Waals surface area (Å²) in [5.41, 5.74) is 2.07. The van der Waals surface area contributed by atoms with E-state index in [1.165, 1.54) is 0 Å². The van der Waals surface area contributed by atoms with Gasteiger partial charge in [-0.25, -0.2) is 0 Å². The minimum atomic E-state index is -0.740. The van der Waals surface area contributed by atoms with Crippen molar-refractivity contribution in [2.75, 3.05) is 13.7 Å². The van der Waals surface area contributed by atoms with Gasteiger partial charge in [0.15, 0.2) is 0 Å². The smallest absolute Gasteiger partial charge is 0.307 e. The van der Waals surface area contributed by atoms with Crippen LogP contribution in [0.1, 0.15) is 23.6 Å². The van der Waals surface area contributed by atoms with Crippen LogP contribution in [-0.4, -0.2) is 24.7 Å². The van der Waals surface area contributed by atoms with Crippen LogP contribution in [0.4, 0.5) is 0 Å². The average molecular weight is 314 g/mol. The van der Waals surface area contributed by atoms with E-state index >= 15 is 0 Å². The van der Waals surface area contributed by atoms with Gasteiger partial charge in [-0.1, -0.05) is 15.9 Å². The van der Waals surface area contributed by atoms with E-state index < -0.39 is 5.97 Å². The van der Waals surface area contributed by atoms with Crippen LogP contribution in [0, 0.1) is 12.8 Å². The topological polar surface area (TPSA) is 58.6 Å². The molecule has 18 heavy (non-hydrogen) atoms. The van der Waals surface area contributed by atoms with Crippen LogP contribution in [0.3, 0.4) is 0 Å². The number of hydrogen-bond donors (Lipinski definition) is 2. The van der Waals surface area contributed by atoms with E-state index in [1.54, 1.807) is 7.11 Å².